The first-order valence-electron chi connectivity index (χ1n) is 3.49. The molecule has 0 aliphatic carbocycles. The molecule has 13 heavy (non-hydrogen) atoms. The Morgan fingerprint density at radius 2 is 2.38 bits per heavy atom. The van der Waals surface area contributed by atoms with Gasteiger partial charge < -0.3 is 5.11 Å². The van der Waals surface area contributed by atoms with Crippen molar-refractivity contribution in [2.75, 3.05) is 0 Å². The van der Waals surface area contributed by atoms with Gasteiger partial charge in [0.25, 0.3) is 0 Å². The van der Waals surface area contributed by atoms with Gasteiger partial charge in [0.2, 0.25) is 0 Å². The maximum atomic E-state index is 9.36. The zero-order valence-electron chi connectivity index (χ0n) is 6.40. The summed E-state index contributed by atoms with van der Waals surface area (Å²) in [5.41, 5.74) is 0.689. The van der Waals surface area contributed by atoms with Gasteiger partial charge in [-0.05, 0) is 6.07 Å². The zero-order valence-corrected chi connectivity index (χ0v) is 7.15. The van der Waals surface area contributed by atoms with E-state index in [0.29, 0.717) is 5.52 Å². The van der Waals surface area contributed by atoms with Gasteiger partial charge in [0.1, 0.15) is 22.5 Å². The molecule has 1 N–H and O–H groups in total. The highest BCUT2D eigenvalue weighted by molar-refractivity contribution is 6.30. The Bertz CT molecular complexity index is 512. The van der Waals surface area contributed by atoms with E-state index in [4.69, 9.17) is 16.9 Å². The number of rotatable bonds is 0. The molecule has 0 aliphatic rings. The van der Waals surface area contributed by atoms with Crippen LogP contribution in [-0.2, 0) is 0 Å². The van der Waals surface area contributed by atoms with Gasteiger partial charge >= 0.3 is 0 Å². The minimum absolute atomic E-state index is 0.125. The minimum atomic E-state index is -0.125. The molecule has 2 aromatic heterocycles. The molecular formula is C8H4ClN3O. The van der Waals surface area contributed by atoms with Crippen molar-refractivity contribution in [1.29, 1.82) is 5.26 Å². The van der Waals surface area contributed by atoms with Crippen LogP contribution in [0.5, 0.6) is 5.75 Å². The summed E-state index contributed by atoms with van der Waals surface area (Å²) in [5.74, 6) is -0.125. The van der Waals surface area contributed by atoms with Crippen LogP contribution in [0.15, 0.2) is 18.3 Å². The molecular weight excluding hydrogens is 190 g/mol. The third-order valence-electron chi connectivity index (χ3n) is 1.72. The van der Waals surface area contributed by atoms with Crippen LogP contribution in [0.2, 0.25) is 5.15 Å². The third-order valence-corrected chi connectivity index (χ3v) is 1.99. The first kappa shape index (κ1) is 7.90. The first-order valence-corrected chi connectivity index (χ1v) is 3.87. The molecule has 0 saturated heterocycles. The van der Waals surface area contributed by atoms with Crippen molar-refractivity contribution in [3.05, 3.63) is 29.0 Å². The number of pyridine rings is 1. The van der Waals surface area contributed by atoms with E-state index in [1.807, 2.05) is 6.07 Å². The smallest absolute Gasteiger partial charge is 0.138 e. The highest BCUT2D eigenvalue weighted by Crippen LogP contribution is 2.25. The summed E-state index contributed by atoms with van der Waals surface area (Å²) in [6.45, 7) is 0. The molecule has 64 valence electrons. The number of nitriles is 1. The van der Waals surface area contributed by atoms with Gasteiger partial charge in [-0.1, -0.05) is 11.6 Å². The van der Waals surface area contributed by atoms with Gasteiger partial charge in [-0.2, -0.15) is 10.4 Å². The lowest BCUT2D eigenvalue weighted by molar-refractivity contribution is 0.473. The van der Waals surface area contributed by atoms with Gasteiger partial charge in [0.05, 0.1) is 11.7 Å². The fourth-order valence-corrected chi connectivity index (χ4v) is 1.39. The highest BCUT2D eigenvalue weighted by Gasteiger charge is 2.10. The minimum Gasteiger partial charge on any atom is -0.506 e. The van der Waals surface area contributed by atoms with Crippen molar-refractivity contribution < 1.29 is 5.11 Å². The van der Waals surface area contributed by atoms with Crippen LogP contribution >= 0.6 is 11.6 Å². The topological polar surface area (TPSA) is 61.3 Å². The van der Waals surface area contributed by atoms with Crippen LogP contribution in [0.25, 0.3) is 5.52 Å². The van der Waals surface area contributed by atoms with Gasteiger partial charge in [-0.3, -0.25) is 0 Å². The van der Waals surface area contributed by atoms with Crippen LogP contribution in [0.4, 0.5) is 0 Å². The highest BCUT2D eigenvalue weighted by atomic mass is 35.5. The molecule has 5 heteroatoms. The second-order valence-corrected chi connectivity index (χ2v) is 2.85. The summed E-state index contributed by atoms with van der Waals surface area (Å²) in [5, 5.41) is 22.3. The van der Waals surface area contributed by atoms with Crippen molar-refractivity contribution in [1.82, 2.24) is 9.61 Å². The molecule has 4 nitrogen and oxygen atoms in total. The first-order chi connectivity index (χ1) is 6.24. The lowest BCUT2D eigenvalue weighted by atomic mass is 10.2. The summed E-state index contributed by atoms with van der Waals surface area (Å²) in [4.78, 5) is 0. The molecule has 0 bridgehead atoms. The van der Waals surface area contributed by atoms with E-state index in [2.05, 4.69) is 5.10 Å². The van der Waals surface area contributed by atoms with Crippen molar-refractivity contribution in [3.63, 3.8) is 0 Å². The Hall–Kier alpha value is -1.73. The van der Waals surface area contributed by atoms with Gasteiger partial charge in [0, 0.05) is 6.07 Å². The van der Waals surface area contributed by atoms with E-state index < -0.39 is 0 Å². The lowest BCUT2D eigenvalue weighted by Crippen LogP contribution is -1.91. The molecule has 2 rings (SSSR count). The quantitative estimate of drug-likeness (QED) is 0.646. The molecule has 2 heterocycles. The number of hydrogen-bond acceptors (Lipinski definition) is 3. The largest absolute Gasteiger partial charge is 0.506 e. The molecule has 0 saturated carbocycles. The summed E-state index contributed by atoms with van der Waals surface area (Å²) in [6.07, 6.45) is 1.52. The van der Waals surface area contributed by atoms with Crippen LogP contribution in [0.1, 0.15) is 5.56 Å². The maximum absolute atomic E-state index is 9.36. The number of fused-ring (bicyclic) bond motifs is 1. The van der Waals surface area contributed by atoms with Crippen molar-refractivity contribution in [2.24, 2.45) is 0 Å². The average molecular weight is 194 g/mol. The van der Waals surface area contributed by atoms with E-state index in [9.17, 15) is 5.11 Å². The summed E-state index contributed by atoms with van der Waals surface area (Å²) in [7, 11) is 0. The lowest BCUT2D eigenvalue weighted by Gasteiger charge is -2.00. The van der Waals surface area contributed by atoms with Crippen molar-refractivity contribution in [3.8, 4) is 11.8 Å². The van der Waals surface area contributed by atoms with Crippen LogP contribution in [0, 0.1) is 11.3 Å². The van der Waals surface area contributed by atoms with E-state index in [1.165, 1.54) is 16.8 Å². The average Bonchev–Trinajstić information content (AvgIpc) is 2.53. The molecule has 0 aliphatic heterocycles. The summed E-state index contributed by atoms with van der Waals surface area (Å²) in [6, 6.07) is 4.79. The van der Waals surface area contributed by atoms with E-state index in [1.54, 1.807) is 6.07 Å². The molecule has 0 aromatic carbocycles. The van der Waals surface area contributed by atoms with E-state index in [0.717, 1.165) is 0 Å². The predicted octanol–water partition coefficient (Wildman–Crippen LogP) is 1.56. The Morgan fingerprint density at radius 3 is 3.08 bits per heavy atom. The Morgan fingerprint density at radius 1 is 1.62 bits per heavy atom. The third kappa shape index (κ3) is 1.02. The van der Waals surface area contributed by atoms with Crippen molar-refractivity contribution >= 4 is 17.1 Å². The fraction of sp³-hybridized carbons (Fsp3) is 0. The maximum Gasteiger partial charge on any atom is 0.138 e. The monoisotopic (exact) mass is 193 g/mol. The molecule has 0 radical (unpaired) electrons. The molecule has 2 aromatic rings. The van der Waals surface area contributed by atoms with Crippen molar-refractivity contribution in [2.45, 2.75) is 0 Å². The van der Waals surface area contributed by atoms with Crippen LogP contribution < -0.4 is 0 Å². The summed E-state index contributed by atoms with van der Waals surface area (Å²) >= 11 is 5.76. The molecule has 0 fully saturated rings. The molecule has 0 unspecified atom stereocenters. The van der Waals surface area contributed by atoms with E-state index >= 15 is 0 Å². The van der Waals surface area contributed by atoms with Gasteiger partial charge in [-0.25, -0.2) is 4.52 Å². The molecule has 0 spiro atoms. The summed E-state index contributed by atoms with van der Waals surface area (Å²) < 4.78 is 1.39. The second kappa shape index (κ2) is 2.64. The Balaban J connectivity index is 2.99. The van der Waals surface area contributed by atoms with Crippen LogP contribution in [0.3, 0.4) is 0 Å². The zero-order chi connectivity index (χ0) is 9.42. The SMILES string of the molecule is N#Cc1c(O)cc(Cl)n2nccc12. The molecule has 0 amide bonds. The number of hydrogen-bond donors (Lipinski definition) is 1. The predicted molar refractivity (Wildman–Crippen MR) is 46.6 cm³/mol. The number of aromatic hydroxyl groups is 1. The number of aromatic nitrogens is 2. The normalized spacial score (nSPS) is 10.2. The number of halogens is 1. The Kier molecular flexibility index (Phi) is 1.61. The van der Waals surface area contributed by atoms with E-state index in [-0.39, 0.29) is 16.5 Å². The second-order valence-electron chi connectivity index (χ2n) is 2.47. The fourth-order valence-electron chi connectivity index (χ4n) is 1.15. The van der Waals surface area contributed by atoms with Gasteiger partial charge in [0.15, 0.2) is 0 Å². The standard InChI is InChI=1S/C8H4ClN3O/c9-8-3-7(13)5(4-10)6-1-2-11-12(6)8/h1-3,13H. The molecule has 0 atom stereocenters. The number of nitrogens with zero attached hydrogens (tertiary/aromatic N) is 3. The Labute approximate surface area is 78.6 Å². The van der Waals surface area contributed by atoms with Gasteiger partial charge in [-0.15, -0.1) is 0 Å². The van der Waals surface area contributed by atoms with Crippen LogP contribution in [-0.4, -0.2) is 14.7 Å².